The molecule has 2 aliphatic rings. The fraction of sp³-hybridized carbons (Fsp3) is 0. The average Bonchev–Trinajstić information content (AvgIpc) is 3.69. The number of nitrogens with one attached hydrogen (secondary N) is 2. The molecule has 48 heavy (non-hydrogen) atoms. The first-order chi connectivity index (χ1) is 22.4. The third-order valence-corrected chi connectivity index (χ3v) is 6.49. The molecule has 28 heteroatoms. The van der Waals surface area contributed by atoms with Crippen molar-refractivity contribution >= 4 is 67.6 Å². The van der Waals surface area contributed by atoms with Crippen LogP contribution in [0.25, 0.3) is 44.9 Å². The summed E-state index contributed by atoms with van der Waals surface area (Å²) in [6.07, 6.45) is 0. The van der Waals surface area contributed by atoms with E-state index in [-0.39, 0.29) is 0 Å². The minimum atomic E-state index is -1.49. The van der Waals surface area contributed by atoms with Gasteiger partial charge in [0.25, 0.3) is 0 Å². The lowest BCUT2D eigenvalue weighted by Crippen LogP contribution is -2.05. The summed E-state index contributed by atoms with van der Waals surface area (Å²) >= 11 is 0. The SMILES string of the molecule is O=[N+]([O-])C1=C([N+](=O)[O-])c2cc3[nH]c(cc4[nH]c(cc5nc(cc1n2)C([N+](=O)[O-])=C5[N+](=O)[O-])c([N+](=O)[O-])c4[N+](=O)[O-])c([N+](=O)[O-])c3[N+](=O)[O-]. The number of hydrogen-bond donors (Lipinski definition) is 2. The van der Waals surface area contributed by atoms with Crippen LogP contribution in [-0.4, -0.2) is 59.3 Å². The van der Waals surface area contributed by atoms with Gasteiger partial charge < -0.3 is 9.97 Å². The van der Waals surface area contributed by atoms with Crippen LogP contribution in [0.4, 0.5) is 22.7 Å². The highest BCUT2D eigenvalue weighted by molar-refractivity contribution is 5.96. The molecule has 0 aliphatic carbocycles. The number of nitro groups is 8. The van der Waals surface area contributed by atoms with Crippen LogP contribution < -0.4 is 0 Å². The van der Waals surface area contributed by atoms with Crippen LogP contribution in [0.1, 0.15) is 22.8 Å². The molecule has 5 rings (SSSR count). The summed E-state index contributed by atoms with van der Waals surface area (Å²) in [7, 11) is 0. The van der Waals surface area contributed by atoms with Gasteiger partial charge >= 0.3 is 45.5 Å². The summed E-state index contributed by atoms with van der Waals surface area (Å²) in [5.41, 5.74) is -20.0. The van der Waals surface area contributed by atoms with Crippen LogP contribution in [0.5, 0.6) is 0 Å². The van der Waals surface area contributed by atoms with Gasteiger partial charge in [-0.05, 0) is 6.07 Å². The van der Waals surface area contributed by atoms with E-state index in [4.69, 9.17) is 0 Å². The molecule has 3 aromatic rings. The van der Waals surface area contributed by atoms with Gasteiger partial charge in [-0.25, -0.2) is 9.97 Å². The minimum Gasteiger partial charge on any atom is -0.344 e. The van der Waals surface area contributed by atoms with Crippen LogP contribution in [0.3, 0.4) is 0 Å². The van der Waals surface area contributed by atoms with Gasteiger partial charge in [0.1, 0.15) is 22.1 Å². The fourth-order valence-electron chi connectivity index (χ4n) is 4.82. The fourth-order valence-corrected chi connectivity index (χ4v) is 4.82. The Labute approximate surface area is 255 Å². The van der Waals surface area contributed by atoms with E-state index in [1.807, 2.05) is 0 Å². The second-order valence-corrected chi connectivity index (χ2v) is 9.09. The number of fused-ring (bicyclic) bond motifs is 8. The summed E-state index contributed by atoms with van der Waals surface area (Å²) in [5.74, 6) is 0. The van der Waals surface area contributed by atoms with E-state index in [9.17, 15) is 80.9 Å². The van der Waals surface area contributed by atoms with Crippen molar-refractivity contribution in [2.75, 3.05) is 0 Å². The Morgan fingerprint density at radius 3 is 0.812 bits per heavy atom. The summed E-state index contributed by atoms with van der Waals surface area (Å²) in [5, 5.41) is 95.8. The molecule has 0 spiro atoms. The van der Waals surface area contributed by atoms with Gasteiger partial charge in [-0.2, -0.15) is 0 Å². The van der Waals surface area contributed by atoms with E-state index in [1.54, 1.807) is 0 Å². The van der Waals surface area contributed by atoms with Crippen molar-refractivity contribution in [2.45, 2.75) is 0 Å². The molecular weight excluding hydrogens is 664 g/mol. The molecule has 3 aromatic heterocycles. The van der Waals surface area contributed by atoms with Gasteiger partial charge in [-0.1, -0.05) is 0 Å². The van der Waals surface area contributed by atoms with Gasteiger partial charge in [0.05, 0.1) is 39.4 Å². The van der Waals surface area contributed by atoms with Crippen molar-refractivity contribution in [1.29, 1.82) is 0 Å². The second-order valence-electron chi connectivity index (χ2n) is 9.09. The largest absolute Gasteiger partial charge is 0.373 e. The highest BCUT2D eigenvalue weighted by Crippen LogP contribution is 2.42. The number of rotatable bonds is 8. The van der Waals surface area contributed by atoms with Crippen LogP contribution in [0, 0.1) is 80.9 Å². The van der Waals surface area contributed by atoms with Gasteiger partial charge in [0.2, 0.25) is 0 Å². The van der Waals surface area contributed by atoms with Crippen molar-refractivity contribution < 1.29 is 39.4 Å². The van der Waals surface area contributed by atoms with E-state index < -0.39 is 130 Å². The Morgan fingerprint density at radius 1 is 0.354 bits per heavy atom. The number of hydrogen-bond acceptors (Lipinski definition) is 18. The predicted molar refractivity (Wildman–Crippen MR) is 149 cm³/mol. The molecule has 2 aliphatic heterocycles. The molecule has 2 N–H and O–H groups in total. The molecule has 8 bridgehead atoms. The second kappa shape index (κ2) is 10.8. The molecule has 0 atom stereocenters. The quantitative estimate of drug-likeness (QED) is 0.257. The van der Waals surface area contributed by atoms with Crippen molar-refractivity contribution in [1.82, 2.24) is 19.9 Å². The highest BCUT2D eigenvalue weighted by Gasteiger charge is 2.44. The number of nitrogens with zero attached hydrogens (tertiary/aromatic N) is 10. The maximum absolute atomic E-state index is 12.0. The zero-order chi connectivity index (χ0) is 35.5. The molecule has 0 amide bonds. The summed E-state index contributed by atoms with van der Waals surface area (Å²) in [6.45, 7) is 0. The summed E-state index contributed by atoms with van der Waals surface area (Å²) < 4.78 is 0. The van der Waals surface area contributed by atoms with E-state index in [1.165, 1.54) is 0 Å². The van der Waals surface area contributed by atoms with Crippen molar-refractivity contribution in [3.8, 4) is 0 Å². The minimum absolute atomic E-state index is 0.332. The molecule has 0 radical (unpaired) electrons. The van der Waals surface area contributed by atoms with Crippen molar-refractivity contribution in [3.05, 3.63) is 128 Å². The average molecular weight is 670 g/mol. The van der Waals surface area contributed by atoms with E-state index in [2.05, 4.69) is 19.9 Å². The number of aromatic amines is 2. The maximum atomic E-state index is 12.0. The topological polar surface area (TPSA) is 402 Å². The summed E-state index contributed by atoms with van der Waals surface area (Å²) in [4.78, 5) is 96.4. The normalized spacial score (nSPS) is 12.5. The van der Waals surface area contributed by atoms with Crippen LogP contribution in [0.2, 0.25) is 0 Å². The van der Waals surface area contributed by atoms with Crippen LogP contribution in [-0.2, 0) is 0 Å². The lowest BCUT2D eigenvalue weighted by molar-refractivity contribution is -0.419. The van der Waals surface area contributed by atoms with Crippen LogP contribution >= 0.6 is 0 Å². The molecule has 0 aromatic carbocycles. The lowest BCUT2D eigenvalue weighted by atomic mass is 10.2. The first-order valence-corrected chi connectivity index (χ1v) is 11.9. The number of H-pyrrole nitrogens is 2. The Balaban J connectivity index is 2.20. The predicted octanol–water partition coefficient (Wildman–Crippen LogP) is 2.71. The monoisotopic (exact) mass is 670 g/mol. The first kappa shape index (κ1) is 31.2. The molecule has 5 heterocycles. The van der Waals surface area contributed by atoms with Crippen LogP contribution in [0.15, 0.2) is 24.3 Å². The Morgan fingerprint density at radius 2 is 0.583 bits per heavy atom. The third-order valence-electron chi connectivity index (χ3n) is 6.49. The van der Waals surface area contributed by atoms with Gasteiger partial charge in [0.15, 0.2) is 22.8 Å². The molecule has 242 valence electrons. The zero-order valence-electron chi connectivity index (χ0n) is 22.3. The number of aromatic nitrogens is 4. The van der Waals surface area contributed by atoms with E-state index in [0.29, 0.717) is 24.3 Å². The smallest absolute Gasteiger partial charge is 0.344 e. The Hall–Kier alpha value is -8.20. The third kappa shape index (κ3) is 4.75. The van der Waals surface area contributed by atoms with E-state index in [0.717, 1.165) is 0 Å². The molecule has 0 unspecified atom stereocenters. The zero-order valence-corrected chi connectivity index (χ0v) is 22.3. The highest BCUT2D eigenvalue weighted by atomic mass is 16.7. The molecule has 0 saturated carbocycles. The summed E-state index contributed by atoms with van der Waals surface area (Å²) in [6, 6.07) is 1.51. The van der Waals surface area contributed by atoms with Gasteiger partial charge in [-0.3, -0.25) is 80.9 Å². The Bertz CT molecular complexity index is 2230. The first-order valence-electron chi connectivity index (χ1n) is 11.9. The van der Waals surface area contributed by atoms with Crippen molar-refractivity contribution in [2.24, 2.45) is 0 Å². The maximum Gasteiger partial charge on any atom is 0.373 e. The van der Waals surface area contributed by atoms with Crippen molar-refractivity contribution in [3.63, 3.8) is 0 Å². The molecule has 28 nitrogen and oxygen atoms in total. The molecule has 0 saturated heterocycles. The van der Waals surface area contributed by atoms with Gasteiger partial charge in [0, 0.05) is 18.2 Å². The molecule has 0 fully saturated rings. The Kier molecular flexibility index (Phi) is 7.00. The standard InChI is InChI=1S/C20H6N12O16/c33-25(34)13-5-1-6-14(26(35)36)16(28(39)40)8(22-6)3-10-18(30(43)44)20(32(47)48)12(24-10)4-11-19(31(45)46)17(29(41)42)9(23-11)2-7(21-5)15(13)27(37)38/h1-4,21-22H. The van der Waals surface area contributed by atoms with Gasteiger partial charge in [-0.15, -0.1) is 0 Å². The molecular formula is C20H6N12O16. The lowest BCUT2D eigenvalue weighted by Gasteiger charge is -1.93. The van der Waals surface area contributed by atoms with E-state index >= 15 is 0 Å².